The Balaban J connectivity index is 2.63. The van der Waals surface area contributed by atoms with Crippen LogP contribution in [-0.4, -0.2) is 29.5 Å². The number of ether oxygens (including phenoxy) is 1. The van der Waals surface area contributed by atoms with Gasteiger partial charge in [0.15, 0.2) is 0 Å². The Bertz CT molecular complexity index is 470. The highest BCUT2D eigenvalue weighted by atomic mass is 127. The summed E-state index contributed by atoms with van der Waals surface area (Å²) < 4.78 is 4.76. The quantitative estimate of drug-likeness (QED) is 0.440. The second-order valence-corrected chi connectivity index (χ2v) is 6.12. The van der Waals surface area contributed by atoms with Crippen LogP contribution in [0.3, 0.4) is 0 Å². The Morgan fingerprint density at radius 1 is 1.56 bits per heavy atom. The van der Waals surface area contributed by atoms with Crippen LogP contribution in [0.5, 0.6) is 0 Å². The van der Waals surface area contributed by atoms with Crippen molar-refractivity contribution in [3.63, 3.8) is 0 Å². The van der Waals surface area contributed by atoms with Gasteiger partial charge in [-0.3, -0.25) is 9.59 Å². The number of alkyl halides is 1. The van der Waals surface area contributed by atoms with Gasteiger partial charge in [0.25, 0.3) is 5.91 Å². The molecule has 0 heterocycles. The summed E-state index contributed by atoms with van der Waals surface area (Å²) in [5.74, 6) is -0.643. The Labute approximate surface area is 132 Å². The highest BCUT2D eigenvalue weighted by molar-refractivity contribution is 14.1. The van der Waals surface area contributed by atoms with Crippen molar-refractivity contribution in [3.05, 3.63) is 33.3 Å². The summed E-state index contributed by atoms with van der Waals surface area (Å²) >= 11 is 11.0. The van der Waals surface area contributed by atoms with Gasteiger partial charge >= 0.3 is 5.97 Å². The average Bonchev–Trinajstić information content (AvgIpc) is 2.34. The molecular weight excluding hydrogens is 436 g/mol. The third-order valence-corrected chi connectivity index (χ3v) is 3.91. The van der Waals surface area contributed by atoms with Crippen molar-refractivity contribution >= 4 is 62.0 Å². The van der Waals surface area contributed by atoms with E-state index in [9.17, 15) is 9.59 Å². The molecule has 1 aromatic carbocycles. The van der Waals surface area contributed by atoms with Crippen LogP contribution in [0, 0.1) is 0 Å². The summed E-state index contributed by atoms with van der Waals surface area (Å²) in [4.78, 5) is 23.0. The van der Waals surface area contributed by atoms with Gasteiger partial charge in [-0.25, -0.2) is 0 Å². The minimum atomic E-state index is -0.414. The first-order valence-corrected chi connectivity index (χ1v) is 7.32. The highest BCUT2D eigenvalue weighted by Gasteiger charge is 2.17. The van der Waals surface area contributed by atoms with E-state index >= 15 is 0 Å². The molecule has 1 atom stereocenters. The minimum Gasteiger partial charge on any atom is -0.468 e. The van der Waals surface area contributed by atoms with Gasteiger partial charge in [-0.15, -0.1) is 0 Å². The van der Waals surface area contributed by atoms with E-state index in [0.29, 0.717) is 15.1 Å². The monoisotopic (exact) mass is 445 g/mol. The molecule has 1 N–H and O–H groups in total. The topological polar surface area (TPSA) is 55.4 Å². The van der Waals surface area contributed by atoms with Gasteiger partial charge in [0.2, 0.25) is 0 Å². The van der Waals surface area contributed by atoms with Gasteiger partial charge < -0.3 is 10.1 Å². The van der Waals surface area contributed by atoms with Gasteiger partial charge in [-0.2, -0.15) is 0 Å². The molecule has 0 aromatic heterocycles. The third kappa shape index (κ3) is 4.40. The van der Waals surface area contributed by atoms with Crippen LogP contribution in [0.25, 0.3) is 0 Å². The molecule has 98 valence electrons. The first-order chi connectivity index (χ1) is 8.45. The number of hydrogen-bond donors (Lipinski definition) is 1. The van der Waals surface area contributed by atoms with E-state index in [0.717, 1.165) is 0 Å². The maximum Gasteiger partial charge on any atom is 0.320 e. The molecule has 4 nitrogen and oxygen atoms in total. The van der Waals surface area contributed by atoms with Gasteiger partial charge in [-0.05, 0) is 34.1 Å². The smallest absolute Gasteiger partial charge is 0.320 e. The molecule has 7 heteroatoms. The first kappa shape index (κ1) is 15.7. The van der Waals surface area contributed by atoms with Crippen LogP contribution in [0.2, 0.25) is 5.02 Å². The van der Waals surface area contributed by atoms with Crippen molar-refractivity contribution in [1.82, 2.24) is 5.32 Å². The zero-order valence-corrected chi connectivity index (χ0v) is 13.9. The van der Waals surface area contributed by atoms with E-state index in [4.69, 9.17) is 11.6 Å². The Kier molecular flexibility index (Phi) is 6.37. The highest BCUT2D eigenvalue weighted by Crippen LogP contribution is 2.21. The summed E-state index contributed by atoms with van der Waals surface area (Å²) in [6, 6.07) is 4.88. The molecule has 0 radical (unpaired) electrons. The predicted molar refractivity (Wildman–Crippen MR) is 81.3 cm³/mol. The zero-order chi connectivity index (χ0) is 13.7. The zero-order valence-electron chi connectivity index (χ0n) is 9.38. The van der Waals surface area contributed by atoms with E-state index in [-0.39, 0.29) is 18.4 Å². The molecule has 0 fully saturated rings. The van der Waals surface area contributed by atoms with Crippen molar-refractivity contribution in [3.8, 4) is 0 Å². The second kappa shape index (κ2) is 7.30. The van der Waals surface area contributed by atoms with E-state index < -0.39 is 3.92 Å². The fourth-order valence-electron chi connectivity index (χ4n) is 1.16. The van der Waals surface area contributed by atoms with Crippen molar-refractivity contribution in [1.29, 1.82) is 0 Å². The summed E-state index contributed by atoms with van der Waals surface area (Å²) in [6.45, 7) is 0.209. The maximum atomic E-state index is 11.9. The summed E-state index contributed by atoms with van der Waals surface area (Å²) in [7, 11) is 1.31. The molecule has 1 rings (SSSR count). The number of esters is 1. The molecule has 1 unspecified atom stereocenters. The Morgan fingerprint density at radius 2 is 2.22 bits per heavy atom. The molecule has 1 aromatic rings. The van der Waals surface area contributed by atoms with E-state index in [1.807, 2.05) is 22.6 Å². The van der Waals surface area contributed by atoms with Crippen LogP contribution in [0.15, 0.2) is 22.7 Å². The molecule has 0 spiro atoms. The number of amides is 1. The van der Waals surface area contributed by atoms with Crippen molar-refractivity contribution in [2.24, 2.45) is 0 Å². The lowest BCUT2D eigenvalue weighted by atomic mass is 10.2. The molecular formula is C11H10BrClINO3. The molecule has 0 aliphatic rings. The van der Waals surface area contributed by atoms with Crippen molar-refractivity contribution < 1.29 is 14.3 Å². The average molecular weight is 446 g/mol. The molecule has 0 saturated carbocycles. The summed E-state index contributed by atoms with van der Waals surface area (Å²) in [6.07, 6.45) is 0. The number of benzene rings is 1. The van der Waals surface area contributed by atoms with Crippen molar-refractivity contribution in [2.45, 2.75) is 3.92 Å². The summed E-state index contributed by atoms with van der Waals surface area (Å²) in [5.41, 5.74) is 0.466. The Morgan fingerprint density at radius 3 is 2.78 bits per heavy atom. The lowest BCUT2D eigenvalue weighted by Gasteiger charge is -2.10. The fraction of sp³-hybridized carbons (Fsp3) is 0.273. The SMILES string of the molecule is COC(=O)C(I)CNC(=O)c1ccc(Cl)cc1Br. The molecule has 0 aliphatic heterocycles. The van der Waals surface area contributed by atoms with Crippen LogP contribution in [-0.2, 0) is 9.53 Å². The van der Waals surface area contributed by atoms with E-state index in [1.54, 1.807) is 18.2 Å². The first-order valence-electron chi connectivity index (χ1n) is 4.91. The van der Waals surface area contributed by atoms with Gasteiger partial charge in [0, 0.05) is 16.0 Å². The number of carbonyl (C=O) groups excluding carboxylic acids is 2. The number of halogens is 3. The molecule has 18 heavy (non-hydrogen) atoms. The van der Waals surface area contributed by atoms with Crippen LogP contribution < -0.4 is 5.32 Å². The fourth-order valence-corrected chi connectivity index (χ4v) is 2.50. The largest absolute Gasteiger partial charge is 0.468 e. The standard InChI is InChI=1S/C11H10BrClINO3/c1-18-11(17)9(14)5-15-10(16)7-3-2-6(13)4-8(7)12/h2-4,9H,5H2,1H3,(H,15,16). The normalized spacial score (nSPS) is 11.8. The number of rotatable bonds is 4. The van der Waals surface area contributed by atoms with Crippen LogP contribution in [0.4, 0.5) is 0 Å². The van der Waals surface area contributed by atoms with Gasteiger partial charge in [0.05, 0.1) is 12.7 Å². The maximum absolute atomic E-state index is 11.9. The molecule has 1 amide bonds. The number of carbonyl (C=O) groups is 2. The van der Waals surface area contributed by atoms with E-state index in [1.165, 1.54) is 7.11 Å². The van der Waals surface area contributed by atoms with Crippen LogP contribution in [0.1, 0.15) is 10.4 Å². The number of nitrogens with one attached hydrogen (secondary N) is 1. The molecule has 0 aliphatic carbocycles. The molecule has 0 bridgehead atoms. The predicted octanol–water partition coefficient (Wildman–Crippen LogP) is 2.81. The molecule has 0 saturated heterocycles. The lowest BCUT2D eigenvalue weighted by Crippen LogP contribution is -2.34. The van der Waals surface area contributed by atoms with E-state index in [2.05, 4.69) is 26.0 Å². The third-order valence-electron chi connectivity index (χ3n) is 2.07. The van der Waals surface area contributed by atoms with Gasteiger partial charge in [-0.1, -0.05) is 34.2 Å². The van der Waals surface area contributed by atoms with Crippen molar-refractivity contribution in [2.75, 3.05) is 13.7 Å². The Hall–Kier alpha value is -0.340. The van der Waals surface area contributed by atoms with Crippen LogP contribution >= 0.6 is 50.1 Å². The van der Waals surface area contributed by atoms with Gasteiger partial charge in [0.1, 0.15) is 3.92 Å². The summed E-state index contributed by atoms with van der Waals surface area (Å²) in [5, 5.41) is 3.20. The minimum absolute atomic E-state index is 0.209. The lowest BCUT2D eigenvalue weighted by molar-refractivity contribution is -0.139. The number of methoxy groups -OCH3 is 1. The number of hydrogen-bond acceptors (Lipinski definition) is 3. The second-order valence-electron chi connectivity index (χ2n) is 3.32.